The molecule has 1 atom stereocenters. The number of hydrogen-bond acceptors (Lipinski definition) is 4. The van der Waals surface area contributed by atoms with E-state index < -0.39 is 12.0 Å². The van der Waals surface area contributed by atoms with Crippen molar-refractivity contribution in [2.75, 3.05) is 26.4 Å². The summed E-state index contributed by atoms with van der Waals surface area (Å²) < 4.78 is 10.5. The molecule has 1 N–H and O–H groups in total. The number of aliphatic carboxylic acids is 1. The second-order valence-electron chi connectivity index (χ2n) is 4.57. The van der Waals surface area contributed by atoms with E-state index in [1.165, 1.54) is 4.90 Å². The second-order valence-corrected chi connectivity index (χ2v) is 5.01. The maximum atomic E-state index is 12.1. The Morgan fingerprint density at radius 1 is 1.48 bits per heavy atom. The van der Waals surface area contributed by atoms with Gasteiger partial charge in [0, 0.05) is 11.6 Å². The van der Waals surface area contributed by atoms with Gasteiger partial charge in [-0.05, 0) is 18.2 Å². The predicted octanol–water partition coefficient (Wildman–Crippen LogP) is 1.42. The molecule has 0 aliphatic carbocycles. The Hall–Kier alpha value is -1.79. The van der Waals surface area contributed by atoms with Crippen molar-refractivity contribution in [3.63, 3.8) is 0 Å². The molecule has 0 spiro atoms. The summed E-state index contributed by atoms with van der Waals surface area (Å²) in [6, 6.07) is 5.95. The molecular weight excluding hydrogens is 298 g/mol. The minimum absolute atomic E-state index is 0.0240. The van der Waals surface area contributed by atoms with Gasteiger partial charge in [0.1, 0.15) is 5.75 Å². The molecular formula is C14H16ClNO5. The Labute approximate surface area is 127 Å². The van der Waals surface area contributed by atoms with Gasteiger partial charge in [0.05, 0.1) is 26.2 Å². The van der Waals surface area contributed by atoms with Gasteiger partial charge in [0.2, 0.25) is 5.91 Å². The summed E-state index contributed by atoms with van der Waals surface area (Å²) in [6.07, 6.45) is 0.107. The number of halogens is 1. The number of ether oxygens (including phenoxy) is 2. The number of amides is 1. The summed E-state index contributed by atoms with van der Waals surface area (Å²) in [5, 5.41) is 9.63. The fourth-order valence-electron chi connectivity index (χ4n) is 2.06. The summed E-state index contributed by atoms with van der Waals surface area (Å²) in [5.74, 6) is -0.737. The van der Waals surface area contributed by atoms with E-state index in [2.05, 4.69) is 0 Å². The second kappa shape index (κ2) is 7.28. The van der Waals surface area contributed by atoms with E-state index in [1.807, 2.05) is 0 Å². The molecule has 21 heavy (non-hydrogen) atoms. The highest BCUT2D eigenvalue weighted by molar-refractivity contribution is 6.30. The first-order valence-electron chi connectivity index (χ1n) is 6.56. The largest absolute Gasteiger partial charge is 0.493 e. The van der Waals surface area contributed by atoms with Crippen molar-refractivity contribution in [3.8, 4) is 5.75 Å². The first-order valence-corrected chi connectivity index (χ1v) is 6.94. The summed E-state index contributed by atoms with van der Waals surface area (Å²) in [4.78, 5) is 24.5. The maximum Gasteiger partial charge on any atom is 0.328 e. The highest BCUT2D eigenvalue weighted by atomic mass is 35.5. The van der Waals surface area contributed by atoms with Crippen LogP contribution in [0.25, 0.3) is 0 Å². The third-order valence-corrected chi connectivity index (χ3v) is 3.35. The van der Waals surface area contributed by atoms with Gasteiger partial charge < -0.3 is 19.5 Å². The Balaban J connectivity index is 1.84. The number of hydrogen-bond donors (Lipinski definition) is 1. The number of carbonyl (C=O) groups is 2. The van der Waals surface area contributed by atoms with Gasteiger partial charge in [-0.3, -0.25) is 4.79 Å². The van der Waals surface area contributed by atoms with Crippen LogP contribution in [0, 0.1) is 0 Å². The SMILES string of the molecule is O=C(O)[C@@H]1COCCN1C(=O)CCOc1cccc(Cl)c1. The van der Waals surface area contributed by atoms with Gasteiger partial charge in [0.25, 0.3) is 0 Å². The molecule has 1 amide bonds. The fourth-order valence-corrected chi connectivity index (χ4v) is 2.24. The number of carboxylic acids is 1. The molecule has 2 rings (SSSR count). The number of carbonyl (C=O) groups excluding carboxylic acids is 1. The Morgan fingerprint density at radius 2 is 2.29 bits per heavy atom. The molecule has 0 unspecified atom stereocenters. The molecule has 1 aromatic rings. The summed E-state index contributed by atoms with van der Waals surface area (Å²) in [7, 11) is 0. The molecule has 1 heterocycles. The van der Waals surface area contributed by atoms with E-state index in [4.69, 9.17) is 26.2 Å². The first kappa shape index (κ1) is 15.6. The lowest BCUT2D eigenvalue weighted by Crippen LogP contribution is -2.52. The zero-order valence-corrected chi connectivity index (χ0v) is 12.1. The molecule has 0 saturated carbocycles. The first-order chi connectivity index (χ1) is 10.1. The highest BCUT2D eigenvalue weighted by Gasteiger charge is 2.32. The van der Waals surface area contributed by atoms with Crippen LogP contribution < -0.4 is 4.74 Å². The lowest BCUT2D eigenvalue weighted by molar-refractivity contribution is -0.158. The predicted molar refractivity (Wildman–Crippen MR) is 75.5 cm³/mol. The minimum atomic E-state index is -1.06. The summed E-state index contributed by atoms with van der Waals surface area (Å²) in [6.45, 7) is 0.830. The van der Waals surface area contributed by atoms with Crippen LogP contribution in [-0.4, -0.2) is 54.3 Å². The molecule has 7 heteroatoms. The average molecular weight is 314 g/mol. The number of benzene rings is 1. The van der Waals surface area contributed by atoms with Crippen molar-refractivity contribution < 1.29 is 24.2 Å². The maximum absolute atomic E-state index is 12.1. The number of morpholine rings is 1. The van der Waals surface area contributed by atoms with E-state index >= 15 is 0 Å². The molecule has 0 aromatic heterocycles. The van der Waals surface area contributed by atoms with E-state index in [1.54, 1.807) is 24.3 Å². The Kier molecular flexibility index (Phi) is 5.41. The van der Waals surface area contributed by atoms with E-state index in [9.17, 15) is 9.59 Å². The van der Waals surface area contributed by atoms with Crippen molar-refractivity contribution in [3.05, 3.63) is 29.3 Å². The van der Waals surface area contributed by atoms with Gasteiger partial charge in [0.15, 0.2) is 6.04 Å². The third-order valence-electron chi connectivity index (χ3n) is 3.11. The van der Waals surface area contributed by atoms with Crippen molar-refractivity contribution in [2.24, 2.45) is 0 Å². The summed E-state index contributed by atoms with van der Waals surface area (Å²) in [5.41, 5.74) is 0. The summed E-state index contributed by atoms with van der Waals surface area (Å²) >= 11 is 5.83. The van der Waals surface area contributed by atoms with Crippen LogP contribution in [0.15, 0.2) is 24.3 Å². The van der Waals surface area contributed by atoms with Crippen LogP contribution in [0.5, 0.6) is 5.75 Å². The van der Waals surface area contributed by atoms with Crippen LogP contribution in [0.2, 0.25) is 5.02 Å². The van der Waals surface area contributed by atoms with Crippen molar-refractivity contribution >= 4 is 23.5 Å². The minimum Gasteiger partial charge on any atom is -0.493 e. The van der Waals surface area contributed by atoms with Crippen LogP contribution in [0.1, 0.15) is 6.42 Å². The zero-order valence-electron chi connectivity index (χ0n) is 11.3. The molecule has 0 radical (unpaired) electrons. The van der Waals surface area contributed by atoms with Gasteiger partial charge in [-0.2, -0.15) is 0 Å². The van der Waals surface area contributed by atoms with Crippen molar-refractivity contribution in [1.29, 1.82) is 0 Å². The lowest BCUT2D eigenvalue weighted by Gasteiger charge is -2.32. The van der Waals surface area contributed by atoms with Gasteiger partial charge in [-0.15, -0.1) is 0 Å². The van der Waals surface area contributed by atoms with Gasteiger partial charge in [-0.1, -0.05) is 17.7 Å². The van der Waals surface area contributed by atoms with Gasteiger partial charge in [-0.25, -0.2) is 4.79 Å². The molecule has 1 aromatic carbocycles. The molecule has 1 aliphatic rings. The number of rotatable bonds is 5. The number of carboxylic acid groups (broad SMARTS) is 1. The Morgan fingerprint density at radius 3 is 3.00 bits per heavy atom. The molecule has 0 bridgehead atoms. The van der Waals surface area contributed by atoms with Crippen molar-refractivity contribution in [1.82, 2.24) is 4.90 Å². The zero-order chi connectivity index (χ0) is 15.2. The van der Waals surface area contributed by atoms with Crippen LogP contribution in [0.4, 0.5) is 0 Å². The monoisotopic (exact) mass is 313 g/mol. The topological polar surface area (TPSA) is 76.1 Å². The normalized spacial score (nSPS) is 18.3. The quantitative estimate of drug-likeness (QED) is 0.889. The molecule has 114 valence electrons. The highest BCUT2D eigenvalue weighted by Crippen LogP contribution is 2.17. The standard InChI is InChI=1S/C14H16ClNO5/c15-10-2-1-3-11(8-10)21-6-4-13(17)16-5-7-20-9-12(16)14(18)19/h1-3,8,12H,4-7,9H2,(H,18,19)/t12-/m0/s1. The lowest BCUT2D eigenvalue weighted by atomic mass is 10.2. The molecule has 1 saturated heterocycles. The third kappa shape index (κ3) is 4.34. The van der Waals surface area contributed by atoms with E-state index in [0.717, 1.165) is 0 Å². The molecule has 6 nitrogen and oxygen atoms in total. The van der Waals surface area contributed by atoms with Crippen LogP contribution in [-0.2, 0) is 14.3 Å². The molecule has 1 fully saturated rings. The van der Waals surface area contributed by atoms with Crippen molar-refractivity contribution in [2.45, 2.75) is 12.5 Å². The van der Waals surface area contributed by atoms with Crippen LogP contribution >= 0.6 is 11.6 Å². The molecule has 1 aliphatic heterocycles. The van der Waals surface area contributed by atoms with E-state index in [-0.39, 0.29) is 32.1 Å². The smallest absolute Gasteiger partial charge is 0.328 e. The number of nitrogens with zero attached hydrogens (tertiary/aromatic N) is 1. The van der Waals surface area contributed by atoms with E-state index in [0.29, 0.717) is 17.4 Å². The van der Waals surface area contributed by atoms with Crippen LogP contribution in [0.3, 0.4) is 0 Å². The Bertz CT molecular complexity index is 522. The average Bonchev–Trinajstić information content (AvgIpc) is 2.47. The fraction of sp³-hybridized carbons (Fsp3) is 0.429. The van der Waals surface area contributed by atoms with Gasteiger partial charge >= 0.3 is 5.97 Å².